The fourth-order valence-corrected chi connectivity index (χ4v) is 3.07. The maximum absolute atomic E-state index is 12.9. The zero-order chi connectivity index (χ0) is 19.7. The van der Waals surface area contributed by atoms with E-state index in [2.05, 4.69) is 5.32 Å². The second-order valence-electron chi connectivity index (χ2n) is 6.22. The van der Waals surface area contributed by atoms with Gasteiger partial charge in [-0.1, -0.05) is 6.92 Å². The minimum Gasteiger partial charge on any atom is -0.465 e. The highest BCUT2D eigenvalue weighted by molar-refractivity contribution is 5.66. The van der Waals surface area contributed by atoms with Crippen molar-refractivity contribution in [2.24, 2.45) is 0 Å². The molecule has 1 aliphatic rings. The van der Waals surface area contributed by atoms with Crippen LogP contribution in [0.3, 0.4) is 0 Å². The molecule has 0 aliphatic carbocycles. The van der Waals surface area contributed by atoms with Gasteiger partial charge in [0.15, 0.2) is 0 Å². The van der Waals surface area contributed by atoms with Crippen molar-refractivity contribution in [1.29, 1.82) is 0 Å². The maximum atomic E-state index is 12.9. The van der Waals surface area contributed by atoms with E-state index in [-0.39, 0.29) is 36.8 Å². The summed E-state index contributed by atoms with van der Waals surface area (Å²) in [6.07, 6.45) is -9.85. The number of rotatable bonds is 4. The van der Waals surface area contributed by atoms with Gasteiger partial charge in [0, 0.05) is 25.2 Å². The summed E-state index contributed by atoms with van der Waals surface area (Å²) in [5, 5.41) is 12.0. The lowest BCUT2D eigenvalue weighted by atomic mass is 10.0. The van der Waals surface area contributed by atoms with E-state index in [0.29, 0.717) is 25.0 Å². The van der Waals surface area contributed by atoms with Crippen LogP contribution in [0.5, 0.6) is 0 Å². The maximum Gasteiger partial charge on any atom is 0.416 e. The van der Waals surface area contributed by atoms with Crippen LogP contribution in [0.2, 0.25) is 0 Å². The van der Waals surface area contributed by atoms with E-state index in [9.17, 15) is 31.1 Å². The van der Waals surface area contributed by atoms with Gasteiger partial charge in [-0.15, -0.1) is 0 Å². The second kappa shape index (κ2) is 7.34. The summed E-state index contributed by atoms with van der Waals surface area (Å²) in [6.45, 7) is 1.73. The van der Waals surface area contributed by atoms with Crippen molar-refractivity contribution in [2.45, 2.75) is 50.7 Å². The van der Waals surface area contributed by atoms with Crippen LogP contribution in [-0.2, 0) is 18.9 Å². The first-order chi connectivity index (χ1) is 11.9. The SMILES string of the molecule is CC[C@@H]1C[C@H](NCc2cc(C(F)(F)F)cc(C(F)(F)F)c2)CN1C(=O)O. The third-order valence-electron chi connectivity index (χ3n) is 4.37. The van der Waals surface area contributed by atoms with Gasteiger partial charge in [0.2, 0.25) is 0 Å². The zero-order valence-electron chi connectivity index (χ0n) is 13.8. The van der Waals surface area contributed by atoms with Gasteiger partial charge in [-0.05, 0) is 36.6 Å². The molecule has 0 spiro atoms. The van der Waals surface area contributed by atoms with E-state index < -0.39 is 29.6 Å². The van der Waals surface area contributed by atoms with Crippen molar-refractivity contribution in [2.75, 3.05) is 6.54 Å². The molecule has 0 unspecified atom stereocenters. The van der Waals surface area contributed by atoms with E-state index in [4.69, 9.17) is 5.11 Å². The van der Waals surface area contributed by atoms with Crippen LogP contribution in [0.15, 0.2) is 18.2 Å². The molecule has 1 amide bonds. The van der Waals surface area contributed by atoms with Gasteiger partial charge in [-0.3, -0.25) is 0 Å². The minimum absolute atomic E-state index is 0.0817. The molecule has 1 fully saturated rings. The first-order valence-corrected chi connectivity index (χ1v) is 7.93. The Morgan fingerprint density at radius 1 is 1.15 bits per heavy atom. The van der Waals surface area contributed by atoms with Crippen molar-refractivity contribution >= 4 is 6.09 Å². The summed E-state index contributed by atoms with van der Waals surface area (Å²) in [6, 6.07) is 0.864. The monoisotopic (exact) mass is 384 g/mol. The highest BCUT2D eigenvalue weighted by Crippen LogP contribution is 2.36. The quantitative estimate of drug-likeness (QED) is 0.760. The molecule has 1 aliphatic heterocycles. The lowest BCUT2D eigenvalue weighted by molar-refractivity contribution is -0.143. The number of benzene rings is 1. The highest BCUT2D eigenvalue weighted by atomic mass is 19.4. The van der Waals surface area contributed by atoms with Gasteiger partial charge in [-0.2, -0.15) is 26.3 Å². The number of likely N-dealkylation sites (tertiary alicyclic amines) is 1. The third-order valence-corrected chi connectivity index (χ3v) is 4.37. The van der Waals surface area contributed by atoms with Gasteiger partial charge < -0.3 is 15.3 Å². The summed E-state index contributed by atoms with van der Waals surface area (Å²) < 4.78 is 77.1. The number of hydrogen-bond donors (Lipinski definition) is 2. The van der Waals surface area contributed by atoms with Gasteiger partial charge in [0.1, 0.15) is 0 Å². The Hall–Kier alpha value is -1.97. The average molecular weight is 384 g/mol. The molecule has 146 valence electrons. The molecule has 1 aromatic rings. The lowest BCUT2D eigenvalue weighted by Crippen LogP contribution is -2.36. The number of alkyl halides is 6. The van der Waals surface area contributed by atoms with E-state index >= 15 is 0 Å². The van der Waals surface area contributed by atoms with E-state index in [0.717, 1.165) is 0 Å². The van der Waals surface area contributed by atoms with Crippen molar-refractivity contribution in [1.82, 2.24) is 10.2 Å². The molecule has 1 aromatic carbocycles. The predicted octanol–water partition coefficient (Wildman–Crippen LogP) is 4.34. The molecular weight excluding hydrogens is 366 g/mol. The Labute approximate surface area is 145 Å². The fourth-order valence-electron chi connectivity index (χ4n) is 3.07. The zero-order valence-corrected chi connectivity index (χ0v) is 13.8. The van der Waals surface area contributed by atoms with Crippen molar-refractivity contribution < 1.29 is 36.2 Å². The van der Waals surface area contributed by atoms with E-state index in [1.54, 1.807) is 0 Å². The van der Waals surface area contributed by atoms with Crippen LogP contribution in [0.25, 0.3) is 0 Å². The Morgan fingerprint density at radius 2 is 1.69 bits per heavy atom. The number of carboxylic acid groups (broad SMARTS) is 1. The summed E-state index contributed by atoms with van der Waals surface area (Å²) in [5.41, 5.74) is -2.89. The van der Waals surface area contributed by atoms with Crippen LogP contribution in [0, 0.1) is 0 Å². The van der Waals surface area contributed by atoms with Crippen molar-refractivity contribution in [3.63, 3.8) is 0 Å². The fraction of sp³-hybridized carbons (Fsp3) is 0.562. The standard InChI is InChI=1S/C16H18F6N2O2/c1-2-13-6-12(8-24(13)14(25)26)23-7-9-3-10(15(17,18)19)5-11(4-9)16(20,21)22/h3-5,12-13,23H,2,6-8H2,1H3,(H,25,26)/t12-,13+/m0/s1. The van der Waals surface area contributed by atoms with Gasteiger partial charge in [-0.25, -0.2) is 4.79 Å². The van der Waals surface area contributed by atoms with Gasteiger partial charge in [0.25, 0.3) is 0 Å². The van der Waals surface area contributed by atoms with Crippen LogP contribution >= 0.6 is 0 Å². The van der Waals surface area contributed by atoms with E-state index in [1.165, 1.54) is 4.90 Å². The molecular formula is C16H18F6N2O2. The van der Waals surface area contributed by atoms with E-state index in [1.807, 2.05) is 6.92 Å². The van der Waals surface area contributed by atoms with Crippen molar-refractivity contribution in [3.05, 3.63) is 34.9 Å². The lowest BCUT2D eigenvalue weighted by Gasteiger charge is -2.19. The number of hydrogen-bond acceptors (Lipinski definition) is 2. The number of nitrogens with one attached hydrogen (secondary N) is 1. The molecule has 0 bridgehead atoms. The highest BCUT2D eigenvalue weighted by Gasteiger charge is 2.37. The topological polar surface area (TPSA) is 52.6 Å². The smallest absolute Gasteiger partial charge is 0.416 e. The second-order valence-corrected chi connectivity index (χ2v) is 6.22. The summed E-state index contributed by atoms with van der Waals surface area (Å²) in [5.74, 6) is 0. The Morgan fingerprint density at radius 3 is 2.08 bits per heavy atom. The summed E-state index contributed by atoms with van der Waals surface area (Å²) >= 11 is 0. The van der Waals surface area contributed by atoms with Crippen LogP contribution in [0.1, 0.15) is 36.5 Å². The number of halogens is 6. The number of nitrogens with zero attached hydrogens (tertiary/aromatic N) is 1. The summed E-state index contributed by atoms with van der Waals surface area (Å²) in [4.78, 5) is 12.4. The minimum atomic E-state index is -4.89. The summed E-state index contributed by atoms with van der Waals surface area (Å²) in [7, 11) is 0. The Kier molecular flexibility index (Phi) is 5.74. The third kappa shape index (κ3) is 4.80. The van der Waals surface area contributed by atoms with Gasteiger partial charge in [0.05, 0.1) is 11.1 Å². The first-order valence-electron chi connectivity index (χ1n) is 7.93. The largest absolute Gasteiger partial charge is 0.465 e. The van der Waals surface area contributed by atoms with Crippen LogP contribution in [-0.4, -0.2) is 34.7 Å². The molecule has 4 nitrogen and oxygen atoms in total. The molecule has 0 saturated carbocycles. The Balaban J connectivity index is 2.15. The number of carbonyl (C=O) groups is 1. The van der Waals surface area contributed by atoms with Crippen LogP contribution < -0.4 is 5.32 Å². The molecule has 10 heteroatoms. The molecule has 1 saturated heterocycles. The van der Waals surface area contributed by atoms with Gasteiger partial charge >= 0.3 is 18.4 Å². The Bertz CT molecular complexity index is 627. The van der Waals surface area contributed by atoms with Crippen molar-refractivity contribution in [3.8, 4) is 0 Å². The number of amides is 1. The first kappa shape index (κ1) is 20.3. The average Bonchev–Trinajstić information content (AvgIpc) is 2.94. The van der Waals surface area contributed by atoms with Crippen LogP contribution in [0.4, 0.5) is 31.1 Å². The predicted molar refractivity (Wildman–Crippen MR) is 80.5 cm³/mol. The molecule has 26 heavy (non-hydrogen) atoms. The molecule has 1 heterocycles. The molecule has 2 N–H and O–H groups in total. The molecule has 0 radical (unpaired) electrons. The normalized spacial score (nSPS) is 21.3. The molecule has 0 aromatic heterocycles. The molecule has 2 rings (SSSR count). The molecule has 2 atom stereocenters.